The molecule has 0 spiro atoms. The van der Waals surface area contributed by atoms with Gasteiger partial charge in [0.1, 0.15) is 35.6 Å². The molecule has 3 rings (SSSR count). The van der Waals surface area contributed by atoms with E-state index >= 15 is 0 Å². The minimum absolute atomic E-state index is 0.197. The first-order valence-electron chi connectivity index (χ1n) is 8.54. The van der Waals surface area contributed by atoms with Crippen molar-refractivity contribution < 1.29 is 30.6 Å². The van der Waals surface area contributed by atoms with Gasteiger partial charge in [-0.3, -0.25) is 0 Å². The normalized spacial score (nSPS) is 37.5. The Balaban J connectivity index is 1.97. The highest BCUT2D eigenvalue weighted by Crippen LogP contribution is 2.40. The second-order valence-electron chi connectivity index (χ2n) is 7.09. The molecule has 0 aromatic heterocycles. The molecule has 6 N–H and O–H groups in total. The lowest BCUT2D eigenvalue weighted by Crippen LogP contribution is -2.77. The van der Waals surface area contributed by atoms with Crippen molar-refractivity contribution in [1.29, 1.82) is 0 Å². The predicted octanol–water partition coefficient (Wildman–Crippen LogP) is -0.609. The first-order valence-corrected chi connectivity index (χ1v) is 8.54. The SMILES string of the molecule is OC1[C@@H](O)[C@](O)(Cc2ccccc2)C(O)[C@@](O)(Cc2ccccc2)[C@H]1O. The van der Waals surface area contributed by atoms with Crippen LogP contribution < -0.4 is 0 Å². The summed E-state index contributed by atoms with van der Waals surface area (Å²) in [5.74, 6) is 0. The van der Waals surface area contributed by atoms with Crippen LogP contribution in [0.2, 0.25) is 0 Å². The minimum Gasteiger partial charge on any atom is -0.387 e. The Kier molecular flexibility index (Phi) is 5.16. The van der Waals surface area contributed by atoms with Crippen LogP contribution in [0.3, 0.4) is 0 Å². The molecule has 0 radical (unpaired) electrons. The number of rotatable bonds is 4. The molecule has 6 heteroatoms. The van der Waals surface area contributed by atoms with Gasteiger partial charge in [-0.15, -0.1) is 0 Å². The highest BCUT2D eigenvalue weighted by Gasteiger charge is 2.64. The average Bonchev–Trinajstić information content (AvgIpc) is 2.66. The van der Waals surface area contributed by atoms with E-state index in [9.17, 15) is 30.6 Å². The molecule has 2 unspecified atom stereocenters. The summed E-state index contributed by atoms with van der Waals surface area (Å²) in [6.07, 6.45) is -7.76. The topological polar surface area (TPSA) is 121 Å². The summed E-state index contributed by atoms with van der Waals surface area (Å²) < 4.78 is 0. The van der Waals surface area contributed by atoms with Crippen molar-refractivity contribution in [2.75, 3.05) is 0 Å². The summed E-state index contributed by atoms with van der Waals surface area (Å²) in [6, 6.07) is 17.3. The van der Waals surface area contributed by atoms with Crippen LogP contribution >= 0.6 is 0 Å². The zero-order valence-corrected chi connectivity index (χ0v) is 14.2. The molecule has 2 aromatic rings. The molecule has 6 atom stereocenters. The van der Waals surface area contributed by atoms with Crippen molar-refractivity contribution in [3.05, 3.63) is 71.8 Å². The Hall–Kier alpha value is -1.80. The van der Waals surface area contributed by atoms with Gasteiger partial charge in [0, 0.05) is 12.8 Å². The average molecular weight is 360 g/mol. The van der Waals surface area contributed by atoms with Crippen LogP contribution in [-0.4, -0.2) is 66.3 Å². The first kappa shape index (κ1) is 19.0. The maximum atomic E-state index is 11.0. The van der Waals surface area contributed by atoms with Gasteiger partial charge in [-0.2, -0.15) is 0 Å². The van der Waals surface area contributed by atoms with Crippen molar-refractivity contribution in [2.45, 2.75) is 48.5 Å². The summed E-state index contributed by atoms with van der Waals surface area (Å²) in [5, 5.41) is 63.9. The Labute approximate surface area is 151 Å². The van der Waals surface area contributed by atoms with E-state index in [2.05, 4.69) is 0 Å². The molecule has 0 bridgehead atoms. The quantitative estimate of drug-likeness (QED) is 0.433. The summed E-state index contributed by atoms with van der Waals surface area (Å²) in [7, 11) is 0. The molecule has 140 valence electrons. The Bertz CT molecular complexity index is 662. The van der Waals surface area contributed by atoms with Gasteiger partial charge in [-0.25, -0.2) is 0 Å². The molecular formula is C20H24O6. The van der Waals surface area contributed by atoms with E-state index in [0.717, 1.165) is 0 Å². The van der Waals surface area contributed by atoms with E-state index in [4.69, 9.17) is 0 Å². The third kappa shape index (κ3) is 3.16. The van der Waals surface area contributed by atoms with Gasteiger partial charge >= 0.3 is 0 Å². The second-order valence-corrected chi connectivity index (χ2v) is 7.09. The molecule has 26 heavy (non-hydrogen) atoms. The zero-order valence-electron chi connectivity index (χ0n) is 14.2. The molecular weight excluding hydrogens is 336 g/mol. The molecule has 0 saturated heterocycles. The largest absolute Gasteiger partial charge is 0.387 e. The van der Waals surface area contributed by atoms with Gasteiger partial charge in [0.15, 0.2) is 0 Å². The first-order chi connectivity index (χ1) is 12.3. The monoisotopic (exact) mass is 360 g/mol. The molecule has 0 amide bonds. The summed E-state index contributed by atoms with van der Waals surface area (Å²) in [4.78, 5) is 0. The van der Waals surface area contributed by atoms with Gasteiger partial charge in [0.25, 0.3) is 0 Å². The second kappa shape index (κ2) is 7.08. The predicted molar refractivity (Wildman–Crippen MR) is 94.2 cm³/mol. The summed E-state index contributed by atoms with van der Waals surface area (Å²) in [6.45, 7) is 0. The fraction of sp³-hybridized carbons (Fsp3) is 0.400. The Morgan fingerprint density at radius 3 is 1.31 bits per heavy atom. The summed E-state index contributed by atoms with van der Waals surface area (Å²) in [5.41, 5.74) is -3.25. The van der Waals surface area contributed by atoms with Crippen molar-refractivity contribution in [3.8, 4) is 0 Å². The van der Waals surface area contributed by atoms with Crippen molar-refractivity contribution in [2.24, 2.45) is 0 Å². The zero-order chi connectivity index (χ0) is 18.9. The maximum absolute atomic E-state index is 11.0. The number of aliphatic hydroxyl groups excluding tert-OH is 4. The van der Waals surface area contributed by atoms with E-state index in [0.29, 0.717) is 11.1 Å². The lowest BCUT2D eigenvalue weighted by Gasteiger charge is -2.54. The lowest BCUT2D eigenvalue weighted by atomic mass is 9.64. The van der Waals surface area contributed by atoms with Crippen molar-refractivity contribution in [3.63, 3.8) is 0 Å². The maximum Gasteiger partial charge on any atom is 0.126 e. The molecule has 1 aliphatic rings. The molecule has 2 aromatic carbocycles. The van der Waals surface area contributed by atoms with Gasteiger partial charge in [-0.1, -0.05) is 60.7 Å². The highest BCUT2D eigenvalue weighted by atomic mass is 16.4. The van der Waals surface area contributed by atoms with E-state index in [-0.39, 0.29) is 12.8 Å². The van der Waals surface area contributed by atoms with Gasteiger partial charge in [0.05, 0.1) is 0 Å². The third-order valence-corrected chi connectivity index (χ3v) is 5.28. The van der Waals surface area contributed by atoms with Gasteiger partial charge in [0.2, 0.25) is 0 Å². The highest BCUT2D eigenvalue weighted by molar-refractivity contribution is 5.26. The van der Waals surface area contributed by atoms with E-state index < -0.39 is 35.6 Å². The number of aliphatic hydroxyl groups is 6. The Morgan fingerprint density at radius 2 is 0.962 bits per heavy atom. The van der Waals surface area contributed by atoms with Crippen molar-refractivity contribution in [1.82, 2.24) is 0 Å². The van der Waals surface area contributed by atoms with Crippen LogP contribution in [0.15, 0.2) is 60.7 Å². The van der Waals surface area contributed by atoms with Crippen LogP contribution in [0.25, 0.3) is 0 Å². The molecule has 1 aliphatic carbocycles. The van der Waals surface area contributed by atoms with Gasteiger partial charge < -0.3 is 30.6 Å². The molecule has 0 heterocycles. The van der Waals surface area contributed by atoms with Crippen molar-refractivity contribution >= 4 is 0 Å². The number of benzene rings is 2. The van der Waals surface area contributed by atoms with Crippen LogP contribution in [0, 0.1) is 0 Å². The van der Waals surface area contributed by atoms with Crippen LogP contribution in [0.5, 0.6) is 0 Å². The van der Waals surface area contributed by atoms with E-state index in [1.165, 1.54) is 0 Å². The van der Waals surface area contributed by atoms with E-state index in [1.807, 2.05) is 0 Å². The fourth-order valence-corrected chi connectivity index (χ4v) is 3.77. The standard InChI is InChI=1S/C20H24O6/c21-15-16(22)19(25,11-13-7-3-1-4-8-13)18(24)20(26,17(15)23)12-14-9-5-2-6-10-14/h1-10,15-18,21-26H,11-12H2/t15?,16-,17+,18?,19-,20-/m1/s1. The fourth-order valence-electron chi connectivity index (χ4n) is 3.77. The molecule has 1 fully saturated rings. The van der Waals surface area contributed by atoms with E-state index in [1.54, 1.807) is 60.7 Å². The smallest absolute Gasteiger partial charge is 0.126 e. The molecule has 0 aliphatic heterocycles. The summed E-state index contributed by atoms with van der Waals surface area (Å²) >= 11 is 0. The Morgan fingerprint density at radius 1 is 0.615 bits per heavy atom. The number of hydrogen-bond acceptors (Lipinski definition) is 6. The van der Waals surface area contributed by atoms with Gasteiger partial charge in [-0.05, 0) is 11.1 Å². The number of hydrogen-bond donors (Lipinski definition) is 6. The van der Waals surface area contributed by atoms with Crippen LogP contribution in [0.1, 0.15) is 11.1 Å². The molecule has 1 saturated carbocycles. The van der Waals surface area contributed by atoms with Crippen LogP contribution in [0.4, 0.5) is 0 Å². The molecule has 6 nitrogen and oxygen atoms in total. The van der Waals surface area contributed by atoms with Crippen LogP contribution in [-0.2, 0) is 12.8 Å². The minimum atomic E-state index is -2.23. The third-order valence-electron chi connectivity index (χ3n) is 5.28. The lowest BCUT2D eigenvalue weighted by molar-refractivity contribution is -0.304.